The van der Waals surface area contributed by atoms with Gasteiger partial charge in [-0.3, -0.25) is 19.5 Å². The molecule has 0 aliphatic heterocycles. The number of nitrogens with one attached hydrogen (secondary N) is 2. The Hall–Kier alpha value is -3.17. The molecule has 0 aliphatic rings. The topological polar surface area (TPSA) is 96.9 Å². The summed E-state index contributed by atoms with van der Waals surface area (Å²) < 4.78 is 1.01. The molecule has 2 aromatic heterocycles. The van der Waals surface area contributed by atoms with Crippen LogP contribution in [0.4, 0.5) is 5.13 Å². The van der Waals surface area contributed by atoms with Crippen LogP contribution in [0.1, 0.15) is 0 Å². The van der Waals surface area contributed by atoms with Crippen molar-refractivity contribution in [1.29, 1.82) is 0 Å². The maximum absolute atomic E-state index is 12.5. The van der Waals surface area contributed by atoms with Crippen molar-refractivity contribution >= 4 is 44.9 Å². The highest BCUT2D eigenvalue weighted by Crippen LogP contribution is 2.26. The number of H-pyrrole nitrogens is 1. The quantitative estimate of drug-likeness (QED) is 0.480. The summed E-state index contributed by atoms with van der Waals surface area (Å²) in [5.41, 5.74) is 0.867. The standard InChI is InChI=1S/C20H16N4O3S2/c1-28-13-8-6-12(7-9-13)16-11-29-20(21-16)22-17(25)10-24-19(27)15-5-3-2-4-14(15)18(26)23-24/h2-9,11H,10H2,1H3,(H,23,26)(H,21,22,25). The number of anilines is 1. The van der Waals surface area contributed by atoms with Crippen LogP contribution in [-0.4, -0.2) is 26.9 Å². The van der Waals surface area contributed by atoms with E-state index in [4.69, 9.17) is 0 Å². The fourth-order valence-electron chi connectivity index (χ4n) is 2.89. The molecule has 29 heavy (non-hydrogen) atoms. The molecule has 1 amide bonds. The van der Waals surface area contributed by atoms with Gasteiger partial charge in [0.1, 0.15) is 6.54 Å². The van der Waals surface area contributed by atoms with Crippen molar-refractivity contribution in [2.75, 3.05) is 11.6 Å². The fraction of sp³-hybridized carbons (Fsp3) is 0.100. The van der Waals surface area contributed by atoms with Crippen LogP contribution >= 0.6 is 23.1 Å². The van der Waals surface area contributed by atoms with E-state index in [9.17, 15) is 14.4 Å². The Balaban J connectivity index is 1.51. The predicted octanol–water partition coefficient (Wildman–Crippen LogP) is 3.17. The second-order valence-corrected chi connectivity index (χ2v) is 7.93. The van der Waals surface area contributed by atoms with E-state index in [0.717, 1.165) is 20.8 Å². The number of fused-ring (bicyclic) bond motifs is 1. The molecule has 7 nitrogen and oxygen atoms in total. The van der Waals surface area contributed by atoms with Crippen LogP contribution in [0.5, 0.6) is 0 Å². The monoisotopic (exact) mass is 424 g/mol. The summed E-state index contributed by atoms with van der Waals surface area (Å²) in [5, 5.41) is 7.98. The van der Waals surface area contributed by atoms with E-state index >= 15 is 0 Å². The number of hydrogen-bond acceptors (Lipinski definition) is 6. The van der Waals surface area contributed by atoms with E-state index in [0.29, 0.717) is 10.5 Å². The molecule has 0 atom stereocenters. The molecule has 0 bridgehead atoms. The molecule has 2 heterocycles. The predicted molar refractivity (Wildman–Crippen MR) is 117 cm³/mol. The summed E-state index contributed by atoms with van der Waals surface area (Å²) in [6.07, 6.45) is 2.01. The average molecular weight is 425 g/mol. The molecule has 2 N–H and O–H groups in total. The van der Waals surface area contributed by atoms with Crippen LogP contribution in [0.15, 0.2) is 68.4 Å². The van der Waals surface area contributed by atoms with Gasteiger partial charge in [0.25, 0.3) is 11.1 Å². The highest BCUT2D eigenvalue weighted by molar-refractivity contribution is 7.98. The number of thiazole rings is 1. The van der Waals surface area contributed by atoms with Gasteiger partial charge in [-0.2, -0.15) is 0 Å². The van der Waals surface area contributed by atoms with Gasteiger partial charge < -0.3 is 5.32 Å². The van der Waals surface area contributed by atoms with Crippen LogP contribution < -0.4 is 16.4 Å². The third-order valence-electron chi connectivity index (χ3n) is 4.32. The SMILES string of the molecule is CSc1ccc(-c2csc(NC(=O)Cn3[nH]c(=O)c4ccccc4c3=O)n2)cc1. The average Bonchev–Trinajstić information content (AvgIpc) is 3.20. The van der Waals surface area contributed by atoms with E-state index in [1.54, 1.807) is 36.0 Å². The summed E-state index contributed by atoms with van der Waals surface area (Å²) in [6, 6.07) is 14.5. The van der Waals surface area contributed by atoms with Gasteiger partial charge in [-0.1, -0.05) is 24.3 Å². The van der Waals surface area contributed by atoms with Gasteiger partial charge in [-0.15, -0.1) is 23.1 Å². The largest absolute Gasteiger partial charge is 0.300 e. The zero-order chi connectivity index (χ0) is 20.4. The second kappa shape index (κ2) is 8.06. The molecule has 4 rings (SSSR count). The first-order valence-electron chi connectivity index (χ1n) is 8.67. The van der Waals surface area contributed by atoms with Gasteiger partial charge in [-0.05, 0) is 30.5 Å². The minimum absolute atomic E-state index is 0.272. The third kappa shape index (κ3) is 4.01. The highest BCUT2D eigenvalue weighted by atomic mass is 32.2. The minimum Gasteiger partial charge on any atom is -0.300 e. The molecule has 2 aromatic carbocycles. The van der Waals surface area contributed by atoms with Gasteiger partial charge in [-0.25, -0.2) is 9.67 Å². The smallest absolute Gasteiger partial charge is 0.273 e. The Bertz CT molecular complexity index is 1310. The van der Waals surface area contributed by atoms with Crippen molar-refractivity contribution in [3.63, 3.8) is 0 Å². The fourth-order valence-corrected chi connectivity index (χ4v) is 4.03. The van der Waals surface area contributed by atoms with Crippen molar-refractivity contribution < 1.29 is 4.79 Å². The van der Waals surface area contributed by atoms with Crippen molar-refractivity contribution in [1.82, 2.24) is 14.8 Å². The molecule has 9 heteroatoms. The Morgan fingerprint density at radius 3 is 2.59 bits per heavy atom. The highest BCUT2D eigenvalue weighted by Gasteiger charge is 2.12. The number of nitrogens with zero attached hydrogens (tertiary/aromatic N) is 2. The number of benzene rings is 2. The molecule has 0 saturated heterocycles. The number of thioether (sulfide) groups is 1. The Labute approximate surface area is 173 Å². The number of rotatable bonds is 5. The summed E-state index contributed by atoms with van der Waals surface area (Å²) in [4.78, 5) is 42.6. The van der Waals surface area contributed by atoms with Crippen LogP contribution in [0.3, 0.4) is 0 Å². The Morgan fingerprint density at radius 1 is 1.14 bits per heavy atom. The summed E-state index contributed by atoms with van der Waals surface area (Å²) >= 11 is 2.96. The molecule has 0 fully saturated rings. The molecule has 4 aromatic rings. The molecule has 0 radical (unpaired) electrons. The lowest BCUT2D eigenvalue weighted by molar-refractivity contribution is -0.117. The first-order valence-corrected chi connectivity index (χ1v) is 10.8. The normalized spacial score (nSPS) is 10.9. The van der Waals surface area contributed by atoms with Gasteiger partial charge in [0.2, 0.25) is 5.91 Å². The van der Waals surface area contributed by atoms with E-state index in [1.165, 1.54) is 11.3 Å². The number of aromatic nitrogens is 3. The minimum atomic E-state index is -0.448. The molecule has 0 unspecified atom stereocenters. The number of hydrogen-bond donors (Lipinski definition) is 2. The maximum atomic E-state index is 12.5. The van der Waals surface area contributed by atoms with Crippen LogP contribution in [0.2, 0.25) is 0 Å². The summed E-state index contributed by atoms with van der Waals surface area (Å²) in [6.45, 7) is -0.309. The molecule has 0 saturated carbocycles. The summed E-state index contributed by atoms with van der Waals surface area (Å²) in [5.74, 6) is -0.448. The molecule has 0 spiro atoms. The van der Waals surface area contributed by atoms with Crippen LogP contribution in [0, 0.1) is 0 Å². The van der Waals surface area contributed by atoms with E-state index in [-0.39, 0.29) is 11.9 Å². The summed E-state index contributed by atoms with van der Waals surface area (Å²) in [7, 11) is 0. The van der Waals surface area contributed by atoms with Gasteiger partial charge >= 0.3 is 0 Å². The maximum Gasteiger partial charge on any atom is 0.273 e. The van der Waals surface area contributed by atoms with E-state index < -0.39 is 17.0 Å². The molecular weight excluding hydrogens is 408 g/mol. The molecule has 0 aliphatic carbocycles. The lowest BCUT2D eigenvalue weighted by atomic mass is 10.2. The van der Waals surface area contributed by atoms with Crippen LogP contribution in [0.25, 0.3) is 22.0 Å². The van der Waals surface area contributed by atoms with Gasteiger partial charge in [0.05, 0.1) is 16.5 Å². The first-order chi connectivity index (χ1) is 14.0. The third-order valence-corrected chi connectivity index (χ3v) is 5.82. The second-order valence-electron chi connectivity index (χ2n) is 6.19. The van der Waals surface area contributed by atoms with E-state index in [1.807, 2.05) is 35.9 Å². The van der Waals surface area contributed by atoms with Crippen molar-refractivity contribution in [2.24, 2.45) is 0 Å². The lowest BCUT2D eigenvalue weighted by Crippen LogP contribution is -2.34. The number of aromatic amines is 1. The zero-order valence-corrected chi connectivity index (χ0v) is 17.0. The lowest BCUT2D eigenvalue weighted by Gasteiger charge is -2.06. The van der Waals surface area contributed by atoms with Gasteiger partial charge in [0, 0.05) is 15.8 Å². The van der Waals surface area contributed by atoms with Crippen molar-refractivity contribution in [3.8, 4) is 11.3 Å². The van der Waals surface area contributed by atoms with Crippen molar-refractivity contribution in [3.05, 3.63) is 74.6 Å². The van der Waals surface area contributed by atoms with E-state index in [2.05, 4.69) is 15.4 Å². The molecular formula is C20H16N4O3S2. The van der Waals surface area contributed by atoms with Crippen LogP contribution in [-0.2, 0) is 11.3 Å². The first kappa shape index (κ1) is 19.2. The Morgan fingerprint density at radius 2 is 1.86 bits per heavy atom. The van der Waals surface area contributed by atoms with Crippen molar-refractivity contribution in [2.45, 2.75) is 11.4 Å². The van der Waals surface area contributed by atoms with Gasteiger partial charge in [0.15, 0.2) is 5.13 Å². The Kier molecular flexibility index (Phi) is 5.32. The number of amides is 1. The molecule has 146 valence electrons. The zero-order valence-electron chi connectivity index (χ0n) is 15.3. The number of carbonyl (C=O) groups is 1. The number of carbonyl (C=O) groups excluding carboxylic acids is 1.